The summed E-state index contributed by atoms with van der Waals surface area (Å²) in [5, 5.41) is 26.9. The summed E-state index contributed by atoms with van der Waals surface area (Å²) >= 11 is 0. The number of nitrogens with one attached hydrogen (secondary N) is 3. The van der Waals surface area contributed by atoms with Gasteiger partial charge in [0, 0.05) is 44.8 Å². The Morgan fingerprint density at radius 1 is 1.04 bits per heavy atom. The maximum absolute atomic E-state index is 14.0. The summed E-state index contributed by atoms with van der Waals surface area (Å²) in [7, 11) is 1.61. The Morgan fingerprint density at radius 3 is 2.31 bits per heavy atom. The number of carbonyl (C=O) groups excluding carboxylic acids is 5. The van der Waals surface area contributed by atoms with Crippen molar-refractivity contribution in [3.63, 3.8) is 0 Å². The number of hydrogen-bond donors (Lipinski definition) is 5. The Morgan fingerprint density at radius 2 is 1.72 bits per heavy atom. The van der Waals surface area contributed by atoms with Crippen molar-refractivity contribution in [1.29, 1.82) is 0 Å². The van der Waals surface area contributed by atoms with E-state index in [1.807, 2.05) is 39.8 Å². The van der Waals surface area contributed by atoms with Crippen LogP contribution in [0, 0.1) is 11.8 Å². The predicted octanol–water partition coefficient (Wildman–Crippen LogP) is 3.12. The number of aromatic nitrogens is 3. The van der Waals surface area contributed by atoms with Gasteiger partial charge in [0.25, 0.3) is 0 Å². The highest BCUT2D eigenvalue weighted by Gasteiger charge is 2.33. The van der Waals surface area contributed by atoms with Crippen molar-refractivity contribution in [1.82, 2.24) is 35.4 Å². The number of hydrogen-bond acceptors (Lipinski definition) is 11. The number of methoxy groups -OCH3 is 1. The van der Waals surface area contributed by atoms with Crippen LogP contribution in [0.3, 0.4) is 0 Å². The highest BCUT2D eigenvalue weighted by Crippen LogP contribution is 2.25. The second kappa shape index (κ2) is 22.0. The van der Waals surface area contributed by atoms with Gasteiger partial charge in [-0.1, -0.05) is 58.0 Å². The third-order valence-electron chi connectivity index (χ3n) is 9.22. The van der Waals surface area contributed by atoms with Crippen LogP contribution in [-0.4, -0.2) is 92.0 Å². The zero-order chi connectivity index (χ0) is 39.8. The van der Waals surface area contributed by atoms with Crippen molar-refractivity contribution in [3.05, 3.63) is 54.5 Å². The molecule has 54 heavy (non-hydrogen) atoms. The molecule has 4 atom stereocenters. The van der Waals surface area contributed by atoms with Crippen molar-refractivity contribution in [2.75, 3.05) is 25.5 Å². The number of amides is 5. The number of aliphatic hydroxyl groups is 1. The lowest BCUT2D eigenvalue weighted by molar-refractivity contribution is -0.139. The average molecular weight is 754 g/mol. The van der Waals surface area contributed by atoms with Crippen LogP contribution in [0.15, 0.2) is 43.2 Å². The van der Waals surface area contributed by atoms with Crippen molar-refractivity contribution >= 4 is 35.2 Å². The molecule has 1 aliphatic heterocycles. The molecule has 0 bridgehead atoms. The van der Waals surface area contributed by atoms with E-state index in [2.05, 4.69) is 32.8 Å². The van der Waals surface area contributed by atoms with E-state index >= 15 is 0 Å². The van der Waals surface area contributed by atoms with Gasteiger partial charge in [-0.3, -0.25) is 39.9 Å². The van der Waals surface area contributed by atoms with E-state index < -0.39 is 24.5 Å². The summed E-state index contributed by atoms with van der Waals surface area (Å²) in [4.78, 5) is 67.6. The van der Waals surface area contributed by atoms with Crippen LogP contribution in [0.25, 0.3) is 0 Å². The van der Waals surface area contributed by atoms with E-state index in [0.717, 1.165) is 5.56 Å². The molecule has 1 aromatic carbocycles. The topological polar surface area (TPSA) is 214 Å². The molecule has 1 aromatic heterocycles. The number of nitrogens with zero attached hydrogens (tertiary/aromatic N) is 5. The smallest absolute Gasteiger partial charge is 0.249 e. The number of nitrogens with two attached hydrogens (primary N) is 1. The first kappa shape index (κ1) is 43.9. The normalized spacial score (nSPS) is 15.3. The van der Waals surface area contributed by atoms with Crippen molar-refractivity contribution in [2.45, 2.75) is 117 Å². The molecule has 16 heteroatoms. The Bertz CT molecular complexity index is 1530. The molecule has 2 heterocycles. The number of rotatable bonds is 24. The van der Waals surface area contributed by atoms with Crippen LogP contribution in [0.1, 0.15) is 109 Å². The maximum Gasteiger partial charge on any atom is 0.249 e. The third-order valence-corrected chi connectivity index (χ3v) is 9.22. The first-order chi connectivity index (χ1) is 25.7. The van der Waals surface area contributed by atoms with Gasteiger partial charge in [-0.25, -0.2) is 4.68 Å². The summed E-state index contributed by atoms with van der Waals surface area (Å²) in [6.07, 6.45) is 5.54. The van der Waals surface area contributed by atoms with Crippen LogP contribution >= 0.6 is 0 Å². The fourth-order valence-corrected chi connectivity index (χ4v) is 6.34. The molecule has 1 saturated heterocycles. The quantitative estimate of drug-likeness (QED) is 0.0597. The number of anilines is 1. The Kier molecular flexibility index (Phi) is 17.9. The van der Waals surface area contributed by atoms with E-state index in [4.69, 9.17) is 10.5 Å². The first-order valence-electron chi connectivity index (χ1n) is 18.8. The Labute approximate surface area is 318 Å². The second-order valence-electron chi connectivity index (χ2n) is 14.4. The molecule has 298 valence electrons. The van der Waals surface area contributed by atoms with Crippen molar-refractivity contribution < 1.29 is 33.8 Å². The number of benzene rings is 1. The minimum Gasteiger partial charge on any atom is -0.380 e. The standard InChI is InChI=1S/C38H59N9O7/c1-7-45(32(48)13-9-8-10-21-46-33(49)18-19-34(46)50)31(22-25(2)3)37(52)42-35(26(4)5)29-23-47(44-43-29)30(12-11-20-40-38(39)53)36(51)41-28-16-14-27(15-17-28)24-54-6/h7,14-17,23,25-26,30-31,35,38,40,53H,1,8-13,18-22,24,39H2,2-6H3,(H,41,51)(H,42,52)/t30-,31-,35-,38?/m0/s1. The molecular weight excluding hydrogens is 694 g/mol. The summed E-state index contributed by atoms with van der Waals surface area (Å²) in [6.45, 7) is 12.8. The molecule has 1 fully saturated rings. The van der Waals surface area contributed by atoms with Crippen LogP contribution in [0.4, 0.5) is 5.69 Å². The summed E-state index contributed by atoms with van der Waals surface area (Å²) in [5.74, 6) is -1.29. The van der Waals surface area contributed by atoms with E-state index in [-0.39, 0.29) is 60.6 Å². The third kappa shape index (κ3) is 13.4. The van der Waals surface area contributed by atoms with Gasteiger partial charge >= 0.3 is 0 Å². The molecule has 2 aromatic rings. The predicted molar refractivity (Wildman–Crippen MR) is 203 cm³/mol. The highest BCUT2D eigenvalue weighted by molar-refractivity contribution is 6.01. The SMILES string of the molecule is C=CN(C(=O)CCCCCN1C(=O)CCC1=O)[C@@H](CC(C)C)C(=O)N[C@H](c1cn([C@@H](CCCNC(N)O)C(=O)Nc2ccc(COC)cc2)nn1)C(C)C. The number of imide groups is 1. The van der Waals surface area contributed by atoms with Gasteiger partial charge in [-0.15, -0.1) is 5.10 Å². The molecule has 0 spiro atoms. The highest BCUT2D eigenvalue weighted by atomic mass is 16.5. The number of ether oxygens (including phenoxy) is 1. The average Bonchev–Trinajstić information content (AvgIpc) is 3.73. The van der Waals surface area contributed by atoms with Gasteiger partial charge in [0.05, 0.1) is 18.8 Å². The number of likely N-dealkylation sites (tertiary alicyclic amines) is 1. The largest absolute Gasteiger partial charge is 0.380 e. The van der Waals surface area contributed by atoms with Gasteiger partial charge in [0.15, 0.2) is 6.35 Å². The lowest BCUT2D eigenvalue weighted by Crippen LogP contribution is -2.49. The van der Waals surface area contributed by atoms with E-state index in [0.29, 0.717) is 69.6 Å². The number of aliphatic hydroxyl groups excluding tert-OH is 1. The zero-order valence-electron chi connectivity index (χ0n) is 32.3. The summed E-state index contributed by atoms with van der Waals surface area (Å²) in [6, 6.07) is 5.11. The molecule has 6 N–H and O–H groups in total. The molecule has 16 nitrogen and oxygen atoms in total. The maximum atomic E-state index is 14.0. The van der Waals surface area contributed by atoms with Gasteiger partial charge in [0.2, 0.25) is 29.5 Å². The fourth-order valence-electron chi connectivity index (χ4n) is 6.34. The monoisotopic (exact) mass is 753 g/mol. The van der Waals surface area contributed by atoms with Crippen LogP contribution in [0.5, 0.6) is 0 Å². The zero-order valence-corrected chi connectivity index (χ0v) is 32.3. The van der Waals surface area contributed by atoms with Crippen molar-refractivity contribution in [3.8, 4) is 0 Å². The molecule has 5 amide bonds. The Hall–Kier alpha value is -4.51. The van der Waals surface area contributed by atoms with Crippen LogP contribution < -0.4 is 21.7 Å². The number of unbranched alkanes of at least 4 members (excludes halogenated alkanes) is 2. The van der Waals surface area contributed by atoms with Gasteiger partial charge in [-0.05, 0) is 68.2 Å². The lowest BCUT2D eigenvalue weighted by atomic mass is 9.97. The summed E-state index contributed by atoms with van der Waals surface area (Å²) in [5.41, 5.74) is 7.42. The minimum atomic E-state index is -1.19. The molecular formula is C38H59N9O7. The first-order valence-corrected chi connectivity index (χ1v) is 18.8. The lowest BCUT2D eigenvalue weighted by Gasteiger charge is -2.31. The minimum absolute atomic E-state index is 0.0789. The van der Waals surface area contributed by atoms with Crippen molar-refractivity contribution in [2.24, 2.45) is 17.6 Å². The molecule has 1 aliphatic rings. The van der Waals surface area contributed by atoms with E-state index in [1.165, 1.54) is 20.7 Å². The van der Waals surface area contributed by atoms with Crippen LogP contribution in [0.2, 0.25) is 0 Å². The molecule has 0 aliphatic carbocycles. The molecule has 0 saturated carbocycles. The molecule has 1 unspecified atom stereocenters. The van der Waals surface area contributed by atoms with Gasteiger partial charge in [0.1, 0.15) is 17.8 Å². The van der Waals surface area contributed by atoms with E-state index in [1.54, 1.807) is 25.4 Å². The summed E-state index contributed by atoms with van der Waals surface area (Å²) < 4.78 is 6.65. The van der Waals surface area contributed by atoms with Gasteiger partial charge < -0.3 is 25.4 Å². The van der Waals surface area contributed by atoms with E-state index in [9.17, 15) is 29.1 Å². The number of carbonyl (C=O) groups is 5. The fraction of sp³-hybridized carbons (Fsp3) is 0.605. The van der Waals surface area contributed by atoms with Gasteiger partial charge in [-0.2, -0.15) is 0 Å². The molecule has 3 rings (SSSR count). The molecule has 0 radical (unpaired) electrons. The Balaban J connectivity index is 1.73. The second-order valence-corrected chi connectivity index (χ2v) is 14.4. The van der Waals surface area contributed by atoms with Crippen LogP contribution in [-0.2, 0) is 35.3 Å².